The Hall–Kier alpha value is -2.48. The van der Waals surface area contributed by atoms with Gasteiger partial charge in [-0.05, 0) is 45.0 Å². The van der Waals surface area contributed by atoms with Crippen LogP contribution in [-0.4, -0.2) is 60.9 Å². The van der Waals surface area contributed by atoms with Gasteiger partial charge in [-0.2, -0.15) is 0 Å². The first-order valence-electron chi connectivity index (χ1n) is 8.61. The van der Waals surface area contributed by atoms with E-state index in [4.69, 9.17) is 0 Å². The number of halogens is 1. The van der Waals surface area contributed by atoms with Gasteiger partial charge in [-0.3, -0.25) is 14.4 Å². The molecular weight excluding hydrogens is 339 g/mol. The number of benzene rings is 1. The Morgan fingerprint density at radius 3 is 2.50 bits per heavy atom. The molecule has 1 aromatic carbocycles. The molecular formula is C18H26FN4O3+. The minimum atomic E-state index is -0.547. The number of hydrogen-bond acceptors (Lipinski definition) is 3. The molecule has 1 aromatic rings. The lowest BCUT2D eigenvalue weighted by atomic mass is 10.1. The Bertz CT molecular complexity index is 670. The monoisotopic (exact) mass is 365 g/mol. The Balaban J connectivity index is 1.99. The number of amides is 3. The summed E-state index contributed by atoms with van der Waals surface area (Å²) in [4.78, 5) is 38.9. The SMILES string of the molecule is CC(C)(C)N(CC(=O)Nc1ccc(F)cc1)C(=O)C[NH+]1CCNC(=O)C1. The summed E-state index contributed by atoms with van der Waals surface area (Å²) in [5.74, 6) is -0.999. The van der Waals surface area contributed by atoms with E-state index in [0.29, 0.717) is 18.8 Å². The molecule has 142 valence electrons. The van der Waals surface area contributed by atoms with Crippen molar-refractivity contribution in [3.05, 3.63) is 30.1 Å². The number of carbonyl (C=O) groups excluding carboxylic acids is 3. The average molecular weight is 365 g/mol. The lowest BCUT2D eigenvalue weighted by Gasteiger charge is -2.36. The summed E-state index contributed by atoms with van der Waals surface area (Å²) < 4.78 is 13.0. The van der Waals surface area contributed by atoms with Gasteiger partial charge in [0.15, 0.2) is 13.1 Å². The second-order valence-electron chi connectivity index (χ2n) is 7.41. The highest BCUT2D eigenvalue weighted by atomic mass is 19.1. The highest BCUT2D eigenvalue weighted by Gasteiger charge is 2.32. The highest BCUT2D eigenvalue weighted by Crippen LogP contribution is 2.14. The molecule has 7 nitrogen and oxygen atoms in total. The first kappa shape index (κ1) is 19.8. The fourth-order valence-corrected chi connectivity index (χ4v) is 2.79. The van der Waals surface area contributed by atoms with Gasteiger partial charge in [0, 0.05) is 11.2 Å². The number of piperazine rings is 1. The molecule has 1 aliphatic heterocycles. The molecule has 8 heteroatoms. The molecule has 1 saturated heterocycles. The van der Waals surface area contributed by atoms with Crippen molar-refractivity contribution in [2.75, 3.05) is 38.0 Å². The summed E-state index contributed by atoms with van der Waals surface area (Å²) in [6, 6.07) is 5.44. The van der Waals surface area contributed by atoms with Crippen LogP contribution in [0.4, 0.5) is 10.1 Å². The molecule has 0 radical (unpaired) electrons. The predicted octanol–water partition coefficient (Wildman–Crippen LogP) is -0.594. The quantitative estimate of drug-likeness (QED) is 0.652. The molecule has 3 amide bonds. The van der Waals surface area contributed by atoms with E-state index in [9.17, 15) is 18.8 Å². The molecule has 0 bridgehead atoms. The Labute approximate surface area is 152 Å². The van der Waals surface area contributed by atoms with E-state index in [1.807, 2.05) is 20.8 Å². The molecule has 3 N–H and O–H groups in total. The van der Waals surface area contributed by atoms with E-state index in [-0.39, 0.29) is 43.2 Å². The Morgan fingerprint density at radius 1 is 1.27 bits per heavy atom. The Morgan fingerprint density at radius 2 is 1.92 bits per heavy atom. The molecule has 1 fully saturated rings. The zero-order chi connectivity index (χ0) is 19.3. The second kappa shape index (κ2) is 8.27. The van der Waals surface area contributed by atoms with Gasteiger partial charge in [-0.25, -0.2) is 4.39 Å². The van der Waals surface area contributed by atoms with E-state index in [1.54, 1.807) is 0 Å². The molecule has 1 unspecified atom stereocenters. The minimum absolute atomic E-state index is 0.0737. The van der Waals surface area contributed by atoms with Crippen LogP contribution in [0.25, 0.3) is 0 Å². The standard InChI is InChI=1S/C18H25FN4O3/c1-18(2,3)23(17(26)12-22-9-8-20-15(24)10-22)11-16(25)21-14-6-4-13(19)5-7-14/h4-7H,8-12H2,1-3H3,(H,20,24)(H,21,25)/p+1. The second-order valence-corrected chi connectivity index (χ2v) is 7.41. The van der Waals surface area contributed by atoms with Crippen molar-refractivity contribution >= 4 is 23.4 Å². The lowest BCUT2D eigenvalue weighted by Crippen LogP contribution is -3.16. The maximum Gasteiger partial charge on any atom is 0.278 e. The van der Waals surface area contributed by atoms with Crippen molar-refractivity contribution in [2.45, 2.75) is 26.3 Å². The number of hydrogen-bond donors (Lipinski definition) is 3. The van der Waals surface area contributed by atoms with E-state index < -0.39 is 5.54 Å². The van der Waals surface area contributed by atoms with Crippen LogP contribution in [0.5, 0.6) is 0 Å². The van der Waals surface area contributed by atoms with Gasteiger partial charge >= 0.3 is 0 Å². The fraction of sp³-hybridized carbons (Fsp3) is 0.500. The topological polar surface area (TPSA) is 82.9 Å². The zero-order valence-electron chi connectivity index (χ0n) is 15.4. The molecule has 2 rings (SSSR count). The molecule has 0 aliphatic carbocycles. The van der Waals surface area contributed by atoms with E-state index >= 15 is 0 Å². The van der Waals surface area contributed by atoms with Crippen LogP contribution in [0.1, 0.15) is 20.8 Å². The molecule has 0 aromatic heterocycles. The third kappa shape index (κ3) is 5.80. The summed E-state index contributed by atoms with van der Waals surface area (Å²) >= 11 is 0. The fourth-order valence-electron chi connectivity index (χ4n) is 2.79. The first-order valence-corrected chi connectivity index (χ1v) is 8.61. The summed E-state index contributed by atoms with van der Waals surface area (Å²) in [7, 11) is 0. The van der Waals surface area contributed by atoms with Crippen molar-refractivity contribution in [1.29, 1.82) is 0 Å². The lowest BCUT2D eigenvalue weighted by molar-refractivity contribution is -0.885. The van der Waals surface area contributed by atoms with Crippen molar-refractivity contribution in [3.8, 4) is 0 Å². The highest BCUT2D eigenvalue weighted by molar-refractivity contribution is 5.94. The smallest absolute Gasteiger partial charge is 0.278 e. The van der Waals surface area contributed by atoms with Crippen molar-refractivity contribution < 1.29 is 23.7 Å². The predicted molar refractivity (Wildman–Crippen MR) is 95.1 cm³/mol. The number of carbonyl (C=O) groups is 3. The minimum Gasteiger partial charge on any atom is -0.346 e. The van der Waals surface area contributed by atoms with Gasteiger partial charge < -0.3 is 20.4 Å². The van der Waals surface area contributed by atoms with Gasteiger partial charge in [0.2, 0.25) is 5.91 Å². The molecule has 1 atom stereocenters. The van der Waals surface area contributed by atoms with Gasteiger partial charge in [0.1, 0.15) is 12.4 Å². The Kier molecular flexibility index (Phi) is 6.31. The van der Waals surface area contributed by atoms with Crippen molar-refractivity contribution in [3.63, 3.8) is 0 Å². The van der Waals surface area contributed by atoms with Crippen LogP contribution in [0.2, 0.25) is 0 Å². The van der Waals surface area contributed by atoms with Crippen LogP contribution in [0.3, 0.4) is 0 Å². The van der Waals surface area contributed by atoms with Crippen molar-refractivity contribution in [2.24, 2.45) is 0 Å². The van der Waals surface area contributed by atoms with Gasteiger partial charge in [-0.15, -0.1) is 0 Å². The summed E-state index contributed by atoms with van der Waals surface area (Å²) in [5.41, 5.74) is -0.0784. The van der Waals surface area contributed by atoms with Gasteiger partial charge in [-0.1, -0.05) is 0 Å². The van der Waals surface area contributed by atoms with Gasteiger partial charge in [0.25, 0.3) is 11.8 Å². The third-order valence-corrected chi connectivity index (χ3v) is 4.15. The number of nitrogens with zero attached hydrogens (tertiary/aromatic N) is 1. The summed E-state index contributed by atoms with van der Waals surface area (Å²) in [6.45, 7) is 7.09. The molecule has 1 aliphatic rings. The first-order chi connectivity index (χ1) is 12.1. The molecule has 26 heavy (non-hydrogen) atoms. The molecule has 0 saturated carbocycles. The maximum atomic E-state index is 13.0. The van der Waals surface area contributed by atoms with Gasteiger partial charge in [0.05, 0.1) is 13.1 Å². The molecule has 1 heterocycles. The van der Waals surface area contributed by atoms with Crippen molar-refractivity contribution in [1.82, 2.24) is 10.2 Å². The maximum absolute atomic E-state index is 13.0. The van der Waals surface area contributed by atoms with Crippen LogP contribution in [0, 0.1) is 5.82 Å². The number of anilines is 1. The van der Waals surface area contributed by atoms with E-state index in [1.165, 1.54) is 29.2 Å². The zero-order valence-corrected chi connectivity index (χ0v) is 15.4. The molecule has 0 spiro atoms. The summed E-state index contributed by atoms with van der Waals surface area (Å²) in [5, 5.41) is 5.40. The van der Waals surface area contributed by atoms with E-state index in [0.717, 1.165) is 4.90 Å². The largest absolute Gasteiger partial charge is 0.346 e. The number of nitrogens with one attached hydrogen (secondary N) is 3. The van der Waals surface area contributed by atoms with Crippen LogP contribution in [-0.2, 0) is 14.4 Å². The number of quaternary nitrogens is 1. The van der Waals surface area contributed by atoms with Crippen LogP contribution >= 0.6 is 0 Å². The third-order valence-electron chi connectivity index (χ3n) is 4.15. The summed E-state index contributed by atoms with van der Waals surface area (Å²) in [6.07, 6.45) is 0. The normalized spacial score (nSPS) is 17.4. The number of rotatable bonds is 5. The van der Waals surface area contributed by atoms with E-state index in [2.05, 4.69) is 10.6 Å². The average Bonchev–Trinajstić information content (AvgIpc) is 2.53. The van der Waals surface area contributed by atoms with Crippen LogP contribution < -0.4 is 15.5 Å². The van der Waals surface area contributed by atoms with Crippen LogP contribution in [0.15, 0.2) is 24.3 Å².